The molecule has 0 bridgehead atoms. The van der Waals surface area contributed by atoms with E-state index in [-0.39, 0.29) is 16.8 Å². The molecule has 0 aliphatic heterocycles. The summed E-state index contributed by atoms with van der Waals surface area (Å²) in [5, 5.41) is 0.871. The third-order valence-corrected chi connectivity index (χ3v) is 4.90. The van der Waals surface area contributed by atoms with E-state index >= 15 is 0 Å². The highest BCUT2D eigenvalue weighted by Gasteiger charge is 2.28. The fourth-order valence-corrected chi connectivity index (χ4v) is 3.33. The first-order valence-electron chi connectivity index (χ1n) is 7.47. The zero-order chi connectivity index (χ0) is 15.9. The molecular formula is C17H24BrFO2. The van der Waals surface area contributed by atoms with Gasteiger partial charge in [-0.1, -0.05) is 42.6 Å². The van der Waals surface area contributed by atoms with Gasteiger partial charge in [-0.25, -0.2) is 4.39 Å². The molecule has 118 valence electrons. The zero-order valence-electron chi connectivity index (χ0n) is 13.0. The number of ether oxygens (including phenoxy) is 1. The van der Waals surface area contributed by atoms with Crippen LogP contribution in [0.3, 0.4) is 0 Å². The Morgan fingerprint density at radius 3 is 2.33 bits per heavy atom. The number of Topliss-reactive ketones (excluding diaryl/α,β-unsaturated/α-hetero) is 1. The molecule has 0 heterocycles. The summed E-state index contributed by atoms with van der Waals surface area (Å²) in [6.45, 7) is 6.23. The highest BCUT2D eigenvalue weighted by molar-refractivity contribution is 9.09. The molecule has 0 spiro atoms. The van der Waals surface area contributed by atoms with Crippen LogP contribution in [-0.2, 0) is 0 Å². The maximum Gasteiger partial charge on any atom is 0.162 e. The molecule has 1 aromatic rings. The summed E-state index contributed by atoms with van der Waals surface area (Å²) in [6.07, 6.45) is 4.32. The first kappa shape index (κ1) is 18.1. The quantitative estimate of drug-likeness (QED) is 0.437. The predicted molar refractivity (Wildman–Crippen MR) is 87.9 cm³/mol. The van der Waals surface area contributed by atoms with Crippen molar-refractivity contribution in [1.29, 1.82) is 0 Å². The Morgan fingerprint density at radius 2 is 1.90 bits per heavy atom. The van der Waals surface area contributed by atoms with Crippen molar-refractivity contribution in [2.45, 2.75) is 46.5 Å². The Morgan fingerprint density at radius 1 is 1.29 bits per heavy atom. The lowest BCUT2D eigenvalue weighted by atomic mass is 9.82. The van der Waals surface area contributed by atoms with E-state index in [1.165, 1.54) is 19.1 Å². The van der Waals surface area contributed by atoms with Crippen LogP contribution in [0.25, 0.3) is 0 Å². The van der Waals surface area contributed by atoms with Crippen LogP contribution in [0.4, 0.5) is 4.39 Å². The lowest BCUT2D eigenvalue weighted by Crippen LogP contribution is -2.30. The van der Waals surface area contributed by atoms with Crippen molar-refractivity contribution in [2.24, 2.45) is 5.41 Å². The highest BCUT2D eigenvalue weighted by Crippen LogP contribution is 2.33. The standard InChI is InChI=1S/C17H24BrFO2/c1-4-8-17(11-18,9-5-2)12-21-14-6-7-15(13(3)20)16(19)10-14/h6-7,10H,4-5,8-9,11-12H2,1-3H3. The van der Waals surface area contributed by atoms with Gasteiger partial charge in [-0.05, 0) is 31.9 Å². The number of hydrogen-bond acceptors (Lipinski definition) is 2. The van der Waals surface area contributed by atoms with Crippen LogP contribution in [-0.4, -0.2) is 17.7 Å². The van der Waals surface area contributed by atoms with Gasteiger partial charge in [-0.15, -0.1) is 0 Å². The van der Waals surface area contributed by atoms with Crippen LogP contribution >= 0.6 is 15.9 Å². The molecular weight excluding hydrogens is 335 g/mol. The summed E-state index contributed by atoms with van der Waals surface area (Å²) in [6, 6.07) is 4.45. The summed E-state index contributed by atoms with van der Waals surface area (Å²) < 4.78 is 19.6. The Labute approximate surface area is 135 Å². The smallest absolute Gasteiger partial charge is 0.162 e. The van der Waals surface area contributed by atoms with Crippen LogP contribution < -0.4 is 4.74 Å². The number of hydrogen-bond donors (Lipinski definition) is 0. The molecule has 0 amide bonds. The fourth-order valence-electron chi connectivity index (χ4n) is 2.61. The van der Waals surface area contributed by atoms with Crippen LogP contribution in [0, 0.1) is 11.2 Å². The van der Waals surface area contributed by atoms with Crippen molar-refractivity contribution >= 4 is 21.7 Å². The van der Waals surface area contributed by atoms with E-state index in [0.717, 1.165) is 31.0 Å². The average molecular weight is 359 g/mol. The van der Waals surface area contributed by atoms with Gasteiger partial charge in [0.2, 0.25) is 0 Å². The fraction of sp³-hybridized carbons (Fsp3) is 0.588. The van der Waals surface area contributed by atoms with Gasteiger partial charge in [0.1, 0.15) is 11.6 Å². The minimum absolute atomic E-state index is 0.0826. The largest absolute Gasteiger partial charge is 0.493 e. The summed E-state index contributed by atoms with van der Waals surface area (Å²) in [4.78, 5) is 11.2. The number of alkyl halides is 1. The SMILES string of the molecule is CCCC(CBr)(CCC)COc1ccc(C(C)=O)c(F)c1. The molecule has 21 heavy (non-hydrogen) atoms. The van der Waals surface area contributed by atoms with Gasteiger partial charge in [-0.3, -0.25) is 4.79 Å². The number of benzene rings is 1. The van der Waals surface area contributed by atoms with Gasteiger partial charge < -0.3 is 4.74 Å². The molecule has 1 rings (SSSR count). The Bertz CT molecular complexity index is 468. The topological polar surface area (TPSA) is 26.3 Å². The highest BCUT2D eigenvalue weighted by atomic mass is 79.9. The van der Waals surface area contributed by atoms with Crippen molar-refractivity contribution < 1.29 is 13.9 Å². The van der Waals surface area contributed by atoms with E-state index < -0.39 is 5.82 Å². The second-order valence-electron chi connectivity index (χ2n) is 5.62. The molecule has 1 aromatic carbocycles. The van der Waals surface area contributed by atoms with Gasteiger partial charge >= 0.3 is 0 Å². The summed E-state index contributed by atoms with van der Waals surface area (Å²) >= 11 is 3.60. The Hall–Kier alpha value is -0.900. The summed E-state index contributed by atoms with van der Waals surface area (Å²) in [5.74, 6) is -0.309. The molecule has 0 saturated carbocycles. The van der Waals surface area contributed by atoms with Crippen molar-refractivity contribution in [2.75, 3.05) is 11.9 Å². The molecule has 4 heteroatoms. The van der Waals surface area contributed by atoms with E-state index in [1.54, 1.807) is 6.07 Å². The lowest BCUT2D eigenvalue weighted by molar-refractivity contribution is 0.101. The molecule has 0 aliphatic carbocycles. The second kappa shape index (κ2) is 8.52. The van der Waals surface area contributed by atoms with E-state index in [9.17, 15) is 9.18 Å². The van der Waals surface area contributed by atoms with Crippen LogP contribution in [0.5, 0.6) is 5.75 Å². The zero-order valence-corrected chi connectivity index (χ0v) is 14.6. The van der Waals surface area contributed by atoms with E-state index in [0.29, 0.717) is 12.4 Å². The number of carbonyl (C=O) groups excluding carboxylic acids is 1. The van der Waals surface area contributed by atoms with Crippen LogP contribution in [0.1, 0.15) is 56.8 Å². The van der Waals surface area contributed by atoms with Crippen molar-refractivity contribution in [3.63, 3.8) is 0 Å². The van der Waals surface area contributed by atoms with Gasteiger partial charge in [0.25, 0.3) is 0 Å². The first-order chi connectivity index (χ1) is 9.98. The normalized spacial score (nSPS) is 11.5. The number of rotatable bonds is 9. The molecule has 0 aromatic heterocycles. The number of carbonyl (C=O) groups is 1. The van der Waals surface area contributed by atoms with Gasteiger partial charge in [-0.2, -0.15) is 0 Å². The molecule has 0 saturated heterocycles. The van der Waals surface area contributed by atoms with Gasteiger partial charge in [0.15, 0.2) is 5.78 Å². The van der Waals surface area contributed by atoms with Gasteiger partial charge in [0.05, 0.1) is 12.2 Å². The Kier molecular flexibility index (Phi) is 7.36. The maximum absolute atomic E-state index is 13.8. The van der Waals surface area contributed by atoms with Crippen molar-refractivity contribution in [3.8, 4) is 5.75 Å². The molecule has 2 nitrogen and oxygen atoms in total. The third-order valence-electron chi connectivity index (χ3n) is 3.71. The van der Waals surface area contributed by atoms with Gasteiger partial charge in [0, 0.05) is 16.8 Å². The van der Waals surface area contributed by atoms with Crippen molar-refractivity contribution in [3.05, 3.63) is 29.6 Å². The predicted octanol–water partition coefficient (Wildman–Crippen LogP) is 5.39. The lowest BCUT2D eigenvalue weighted by Gasteiger charge is -2.31. The third kappa shape index (κ3) is 5.10. The van der Waals surface area contributed by atoms with Crippen LogP contribution in [0.2, 0.25) is 0 Å². The Balaban J connectivity index is 2.80. The molecule has 0 N–H and O–H groups in total. The molecule has 0 aliphatic rings. The maximum atomic E-state index is 13.8. The molecule has 0 atom stereocenters. The van der Waals surface area contributed by atoms with E-state index in [2.05, 4.69) is 29.8 Å². The average Bonchev–Trinajstić information content (AvgIpc) is 2.45. The van der Waals surface area contributed by atoms with E-state index in [1.807, 2.05) is 0 Å². The molecule has 0 unspecified atom stereocenters. The van der Waals surface area contributed by atoms with Crippen LogP contribution in [0.15, 0.2) is 18.2 Å². The number of ketones is 1. The second-order valence-corrected chi connectivity index (χ2v) is 6.18. The van der Waals surface area contributed by atoms with Crippen molar-refractivity contribution in [1.82, 2.24) is 0 Å². The minimum atomic E-state index is -0.518. The molecule has 0 fully saturated rings. The number of halogens is 2. The summed E-state index contributed by atoms with van der Waals surface area (Å²) in [7, 11) is 0. The minimum Gasteiger partial charge on any atom is -0.493 e. The first-order valence-corrected chi connectivity index (χ1v) is 8.59. The molecule has 0 radical (unpaired) electrons. The van der Waals surface area contributed by atoms with E-state index in [4.69, 9.17) is 4.74 Å². The monoisotopic (exact) mass is 358 g/mol. The summed E-state index contributed by atoms with van der Waals surface area (Å²) in [5.41, 5.74) is 0.190.